The third kappa shape index (κ3) is 6.01. The molecule has 0 fully saturated rings. The first kappa shape index (κ1) is 22.8. The summed E-state index contributed by atoms with van der Waals surface area (Å²) in [6.07, 6.45) is 1.66. The van der Waals surface area contributed by atoms with E-state index in [4.69, 9.17) is 32.2 Å². The molecule has 0 N–H and O–H groups in total. The van der Waals surface area contributed by atoms with Gasteiger partial charge in [-0.3, -0.25) is 9.32 Å². The summed E-state index contributed by atoms with van der Waals surface area (Å²) >= 11 is 13.5. The molecule has 1 aromatic rings. The summed E-state index contributed by atoms with van der Waals surface area (Å²) in [7, 11) is 0. The second kappa shape index (κ2) is 9.37. The fourth-order valence-corrected chi connectivity index (χ4v) is 6.94. The lowest BCUT2D eigenvalue weighted by Gasteiger charge is -2.33. The van der Waals surface area contributed by atoms with Crippen LogP contribution in [0.1, 0.15) is 52.5 Å². The maximum Gasteiger partial charge on any atom is 0.439 e. The predicted octanol–water partition coefficient (Wildman–Crippen LogP) is 7.40. The van der Waals surface area contributed by atoms with Crippen molar-refractivity contribution in [2.75, 3.05) is 12.4 Å². The Kier molecular flexibility index (Phi) is 7.92. The summed E-state index contributed by atoms with van der Waals surface area (Å²) in [6, 6.07) is 4.96. The van der Waals surface area contributed by atoms with E-state index < -0.39 is 6.80 Å². The number of hydrogen-bond donors (Lipinski definition) is 0. The second-order valence-corrected chi connectivity index (χ2v) is 12.1. The van der Waals surface area contributed by atoms with Crippen molar-refractivity contribution < 1.29 is 18.4 Å². The van der Waals surface area contributed by atoms with Gasteiger partial charge in [-0.05, 0) is 42.3 Å². The first-order chi connectivity index (χ1) is 12.6. The number of Topliss-reactive ketones (excluding diaryl/α,β-unsaturated/α-hetero) is 1. The minimum atomic E-state index is -3.43. The van der Waals surface area contributed by atoms with Crippen molar-refractivity contribution in [1.29, 1.82) is 0 Å². The van der Waals surface area contributed by atoms with Crippen LogP contribution < -0.4 is 0 Å². The average molecular weight is 451 g/mol. The molecule has 1 aliphatic carbocycles. The number of rotatable bonds is 8. The molecule has 0 bridgehead atoms. The highest BCUT2D eigenvalue weighted by molar-refractivity contribution is 8.55. The van der Waals surface area contributed by atoms with Crippen LogP contribution in [0.3, 0.4) is 0 Å². The van der Waals surface area contributed by atoms with Crippen molar-refractivity contribution in [3.05, 3.63) is 39.6 Å². The lowest BCUT2D eigenvalue weighted by molar-refractivity contribution is -0.116. The van der Waals surface area contributed by atoms with Crippen LogP contribution in [0, 0.1) is 5.41 Å². The maximum atomic E-state index is 13.2. The molecule has 1 aliphatic rings. The van der Waals surface area contributed by atoms with Gasteiger partial charge in [0.2, 0.25) is 0 Å². The quantitative estimate of drug-likeness (QED) is 0.386. The van der Waals surface area contributed by atoms with E-state index in [1.165, 1.54) is 0 Å². The number of halogens is 2. The molecule has 0 saturated heterocycles. The molecule has 27 heavy (non-hydrogen) atoms. The van der Waals surface area contributed by atoms with Gasteiger partial charge in [-0.25, -0.2) is 4.57 Å². The number of carbonyl (C=O) groups is 1. The zero-order valence-corrected chi connectivity index (χ0v) is 19.2. The van der Waals surface area contributed by atoms with Crippen LogP contribution in [0.5, 0.6) is 0 Å². The number of carbonyl (C=O) groups excluding carboxylic acids is 1. The van der Waals surface area contributed by atoms with Crippen molar-refractivity contribution in [2.24, 2.45) is 5.41 Å². The standard InChI is InChI=1S/C19H25Cl2O4PS/c1-5-9-27-26(23,24-6-2)25-17-12-19(3,4)11-16(22)18(17)14-8-7-13(20)10-15(14)21/h7-8,10H,5-6,9,11-12H2,1-4H3. The van der Waals surface area contributed by atoms with Gasteiger partial charge in [0.05, 0.1) is 17.2 Å². The highest BCUT2D eigenvalue weighted by Gasteiger charge is 2.39. The van der Waals surface area contributed by atoms with E-state index >= 15 is 0 Å². The number of allylic oxidation sites excluding steroid dienone is 2. The molecule has 0 saturated carbocycles. The predicted molar refractivity (Wildman–Crippen MR) is 114 cm³/mol. The minimum absolute atomic E-state index is 0.0889. The zero-order chi connectivity index (χ0) is 20.2. The number of hydrogen-bond acceptors (Lipinski definition) is 5. The Morgan fingerprint density at radius 1 is 1.22 bits per heavy atom. The highest BCUT2D eigenvalue weighted by Crippen LogP contribution is 2.64. The Balaban J connectivity index is 2.55. The number of benzene rings is 1. The third-order valence-electron chi connectivity index (χ3n) is 4.00. The Morgan fingerprint density at radius 2 is 1.93 bits per heavy atom. The zero-order valence-electron chi connectivity index (χ0n) is 16.0. The van der Waals surface area contributed by atoms with Gasteiger partial charge in [-0.15, -0.1) is 0 Å². The molecule has 0 heterocycles. The van der Waals surface area contributed by atoms with Crippen molar-refractivity contribution in [2.45, 2.75) is 47.0 Å². The molecule has 0 aromatic heterocycles. The first-order valence-electron chi connectivity index (χ1n) is 8.91. The SMILES string of the molecule is CCCSP(=O)(OCC)OC1=C(c2ccc(Cl)cc2Cl)C(=O)CC(C)(C)C1. The fraction of sp³-hybridized carbons (Fsp3) is 0.526. The van der Waals surface area contributed by atoms with Crippen LogP contribution in [0.4, 0.5) is 0 Å². The molecule has 1 aromatic carbocycles. The van der Waals surface area contributed by atoms with Crippen molar-refractivity contribution >= 4 is 52.7 Å². The number of ketones is 1. The van der Waals surface area contributed by atoms with Gasteiger partial charge in [0, 0.05) is 29.2 Å². The Labute approximate surface area is 175 Å². The molecule has 2 rings (SSSR count). The van der Waals surface area contributed by atoms with Crippen LogP contribution in [0.15, 0.2) is 24.0 Å². The van der Waals surface area contributed by atoms with Crippen molar-refractivity contribution in [3.8, 4) is 0 Å². The molecule has 1 atom stereocenters. The second-order valence-electron chi connectivity index (χ2n) is 7.15. The highest BCUT2D eigenvalue weighted by atomic mass is 35.5. The van der Waals surface area contributed by atoms with E-state index in [-0.39, 0.29) is 17.8 Å². The van der Waals surface area contributed by atoms with Gasteiger partial charge in [0.1, 0.15) is 5.76 Å². The summed E-state index contributed by atoms with van der Waals surface area (Å²) in [5, 5.41) is 0.841. The van der Waals surface area contributed by atoms with Crippen LogP contribution in [0.2, 0.25) is 10.0 Å². The summed E-state index contributed by atoms with van der Waals surface area (Å²) in [5.74, 6) is 0.925. The smallest absolute Gasteiger partial charge is 0.421 e. The maximum absolute atomic E-state index is 13.2. The molecule has 150 valence electrons. The summed E-state index contributed by atoms with van der Waals surface area (Å²) in [5.41, 5.74) is 0.606. The van der Waals surface area contributed by atoms with Crippen LogP contribution in [-0.2, 0) is 18.4 Å². The molecule has 0 amide bonds. The topological polar surface area (TPSA) is 52.6 Å². The Bertz CT molecular complexity index is 792. The molecule has 0 radical (unpaired) electrons. The minimum Gasteiger partial charge on any atom is -0.421 e. The van der Waals surface area contributed by atoms with Crippen molar-refractivity contribution in [3.63, 3.8) is 0 Å². The third-order valence-corrected chi connectivity index (χ3v) is 8.51. The molecule has 1 unspecified atom stereocenters. The molecular formula is C19H25Cl2O4PS. The van der Waals surface area contributed by atoms with Crippen molar-refractivity contribution in [1.82, 2.24) is 0 Å². The van der Waals surface area contributed by atoms with E-state index in [0.29, 0.717) is 45.5 Å². The monoisotopic (exact) mass is 450 g/mol. The van der Waals surface area contributed by atoms with E-state index in [1.54, 1.807) is 25.1 Å². The molecular weight excluding hydrogens is 426 g/mol. The normalized spacial score (nSPS) is 19.1. The summed E-state index contributed by atoms with van der Waals surface area (Å²) in [4.78, 5) is 12.9. The molecule has 8 heteroatoms. The van der Waals surface area contributed by atoms with Gasteiger partial charge >= 0.3 is 6.80 Å². The molecule has 0 spiro atoms. The largest absolute Gasteiger partial charge is 0.439 e. The van der Waals surface area contributed by atoms with Gasteiger partial charge in [0.25, 0.3) is 0 Å². The van der Waals surface area contributed by atoms with E-state index in [9.17, 15) is 9.36 Å². The van der Waals surface area contributed by atoms with Gasteiger partial charge < -0.3 is 4.52 Å². The van der Waals surface area contributed by atoms with Crippen LogP contribution in [-0.4, -0.2) is 18.1 Å². The lowest BCUT2D eigenvalue weighted by Crippen LogP contribution is -2.26. The first-order valence-corrected chi connectivity index (χ1v) is 12.8. The Hall–Kier alpha value is -0.450. The van der Waals surface area contributed by atoms with Gasteiger partial charge in [-0.1, -0.05) is 50.0 Å². The fourth-order valence-electron chi connectivity index (χ4n) is 2.92. The van der Waals surface area contributed by atoms with E-state index in [0.717, 1.165) is 17.8 Å². The Morgan fingerprint density at radius 3 is 2.52 bits per heavy atom. The summed E-state index contributed by atoms with van der Waals surface area (Å²) in [6.45, 7) is 4.56. The van der Waals surface area contributed by atoms with E-state index in [1.807, 2.05) is 20.8 Å². The summed E-state index contributed by atoms with van der Waals surface area (Å²) < 4.78 is 24.6. The molecule has 4 nitrogen and oxygen atoms in total. The average Bonchev–Trinajstić information content (AvgIpc) is 2.53. The van der Waals surface area contributed by atoms with Gasteiger partial charge in [-0.2, -0.15) is 0 Å². The van der Waals surface area contributed by atoms with E-state index in [2.05, 4.69) is 0 Å². The lowest BCUT2D eigenvalue weighted by atomic mass is 9.75. The van der Waals surface area contributed by atoms with Gasteiger partial charge in [0.15, 0.2) is 5.78 Å². The van der Waals surface area contributed by atoms with Crippen LogP contribution in [0.25, 0.3) is 5.57 Å². The van der Waals surface area contributed by atoms with Crippen LogP contribution >= 0.6 is 41.4 Å². The molecule has 0 aliphatic heterocycles.